The van der Waals surface area contributed by atoms with Crippen molar-refractivity contribution in [2.45, 2.75) is 14.9 Å². The Bertz CT molecular complexity index is 19.6. The maximum atomic E-state index is 7.62. The summed E-state index contributed by atoms with van der Waals surface area (Å²) in [6, 6.07) is 0. The molecule has 0 unspecified atom stereocenters. The summed E-state index contributed by atoms with van der Waals surface area (Å²) in [6.07, 6.45) is 0. The Morgan fingerprint density at radius 1 is 1.25 bits per heavy atom. The fourth-order valence-electron chi connectivity index (χ4n) is 0.121. The van der Waals surface area contributed by atoms with Crippen molar-refractivity contribution in [1.82, 2.24) is 0 Å². The SMILES string of the molecule is C.C.COCCOO. The summed E-state index contributed by atoms with van der Waals surface area (Å²) in [5, 5.41) is 7.62. The summed E-state index contributed by atoms with van der Waals surface area (Å²) in [5.74, 6) is 0. The van der Waals surface area contributed by atoms with Gasteiger partial charge in [-0.1, -0.05) is 14.9 Å². The van der Waals surface area contributed by atoms with Crippen molar-refractivity contribution in [2.75, 3.05) is 20.3 Å². The molecule has 0 aromatic rings. The van der Waals surface area contributed by atoms with Crippen LogP contribution in [0.25, 0.3) is 0 Å². The average molecular weight is 124 g/mol. The van der Waals surface area contributed by atoms with Crippen molar-refractivity contribution in [3.63, 3.8) is 0 Å². The van der Waals surface area contributed by atoms with E-state index in [9.17, 15) is 0 Å². The molecule has 0 aromatic heterocycles. The molecule has 1 N–H and O–H groups in total. The molecule has 0 fully saturated rings. The third-order valence-corrected chi connectivity index (χ3v) is 0.379. The van der Waals surface area contributed by atoms with Crippen LogP contribution in [-0.2, 0) is 9.62 Å². The van der Waals surface area contributed by atoms with E-state index < -0.39 is 0 Å². The molecule has 0 heterocycles. The second kappa shape index (κ2) is 15.8. The number of hydrogen-bond donors (Lipinski definition) is 1. The van der Waals surface area contributed by atoms with Crippen LogP contribution in [0.3, 0.4) is 0 Å². The van der Waals surface area contributed by atoms with Gasteiger partial charge in [0.1, 0.15) is 6.61 Å². The van der Waals surface area contributed by atoms with Crippen LogP contribution < -0.4 is 0 Å². The summed E-state index contributed by atoms with van der Waals surface area (Å²) in [5.41, 5.74) is 0. The molecular formula is C5H16O3. The van der Waals surface area contributed by atoms with E-state index in [2.05, 4.69) is 9.62 Å². The molecular weight excluding hydrogens is 108 g/mol. The predicted octanol–water partition coefficient (Wildman–Crippen LogP) is 1.39. The molecule has 0 amide bonds. The second-order valence-corrected chi connectivity index (χ2v) is 0.826. The first-order valence-electron chi connectivity index (χ1n) is 1.67. The summed E-state index contributed by atoms with van der Waals surface area (Å²) >= 11 is 0. The van der Waals surface area contributed by atoms with Gasteiger partial charge in [0.2, 0.25) is 0 Å². The van der Waals surface area contributed by atoms with Gasteiger partial charge in [0, 0.05) is 7.11 Å². The van der Waals surface area contributed by atoms with Crippen molar-refractivity contribution in [3.05, 3.63) is 0 Å². The van der Waals surface area contributed by atoms with Crippen LogP contribution in [0.1, 0.15) is 14.9 Å². The van der Waals surface area contributed by atoms with Crippen LogP contribution in [0.15, 0.2) is 0 Å². The van der Waals surface area contributed by atoms with Crippen LogP contribution in [0.4, 0.5) is 0 Å². The Morgan fingerprint density at radius 3 is 1.88 bits per heavy atom. The molecule has 0 radical (unpaired) electrons. The van der Waals surface area contributed by atoms with Crippen LogP contribution in [0.2, 0.25) is 0 Å². The molecule has 3 heteroatoms. The molecule has 0 atom stereocenters. The minimum absolute atomic E-state index is 0. The predicted molar refractivity (Wildman–Crippen MR) is 33.9 cm³/mol. The number of rotatable bonds is 3. The van der Waals surface area contributed by atoms with E-state index in [0.717, 1.165) is 0 Å². The Morgan fingerprint density at radius 2 is 1.75 bits per heavy atom. The largest absolute Gasteiger partial charge is 0.382 e. The van der Waals surface area contributed by atoms with Gasteiger partial charge in [-0.2, -0.15) is 0 Å². The Balaban J connectivity index is -0.000000125. The molecule has 0 aromatic carbocycles. The quantitative estimate of drug-likeness (QED) is 0.351. The van der Waals surface area contributed by atoms with Gasteiger partial charge in [-0.15, -0.1) is 0 Å². The fraction of sp³-hybridized carbons (Fsp3) is 1.00. The van der Waals surface area contributed by atoms with Crippen molar-refractivity contribution >= 4 is 0 Å². The maximum Gasteiger partial charge on any atom is 0.105 e. The van der Waals surface area contributed by atoms with Crippen LogP contribution in [0, 0.1) is 0 Å². The maximum absolute atomic E-state index is 7.62. The third kappa shape index (κ3) is 16.9. The summed E-state index contributed by atoms with van der Waals surface area (Å²) in [4.78, 5) is 3.66. The molecule has 0 saturated carbocycles. The van der Waals surface area contributed by atoms with Crippen LogP contribution >= 0.6 is 0 Å². The van der Waals surface area contributed by atoms with Crippen molar-refractivity contribution in [1.29, 1.82) is 0 Å². The molecule has 54 valence electrons. The lowest BCUT2D eigenvalue weighted by molar-refractivity contribution is -0.247. The first-order valence-corrected chi connectivity index (χ1v) is 1.67. The first kappa shape index (κ1) is 15.7. The Hall–Kier alpha value is -0.120. The minimum Gasteiger partial charge on any atom is -0.382 e. The van der Waals surface area contributed by atoms with E-state index in [-0.39, 0.29) is 21.5 Å². The molecule has 0 spiro atoms. The molecule has 0 rings (SSSR count). The highest BCUT2D eigenvalue weighted by Gasteiger charge is 1.75. The van der Waals surface area contributed by atoms with Gasteiger partial charge in [-0.25, -0.2) is 4.89 Å². The highest BCUT2D eigenvalue weighted by Crippen LogP contribution is 1.65. The van der Waals surface area contributed by atoms with Crippen molar-refractivity contribution in [3.8, 4) is 0 Å². The van der Waals surface area contributed by atoms with Crippen molar-refractivity contribution < 1.29 is 14.9 Å². The lowest BCUT2D eigenvalue weighted by Crippen LogP contribution is -1.96. The molecule has 0 aliphatic heterocycles. The van der Waals surface area contributed by atoms with E-state index in [0.29, 0.717) is 6.61 Å². The highest BCUT2D eigenvalue weighted by molar-refractivity contribution is 4.15. The number of ether oxygens (including phenoxy) is 1. The Kier molecular flexibility index (Phi) is 30.9. The standard InChI is InChI=1S/C3H8O3.2CH4/c1-5-2-3-6-4;;/h4H,2-3H2,1H3;2*1H4. The average Bonchev–Trinajstić information content (AvgIpc) is 1.61. The number of hydrogen-bond acceptors (Lipinski definition) is 3. The molecule has 0 aliphatic carbocycles. The summed E-state index contributed by atoms with van der Waals surface area (Å²) in [6.45, 7) is 0.688. The fourth-order valence-corrected chi connectivity index (χ4v) is 0.121. The van der Waals surface area contributed by atoms with Gasteiger partial charge in [0.05, 0.1) is 6.61 Å². The zero-order chi connectivity index (χ0) is 4.83. The monoisotopic (exact) mass is 124 g/mol. The molecule has 0 bridgehead atoms. The first-order chi connectivity index (χ1) is 2.91. The van der Waals surface area contributed by atoms with E-state index >= 15 is 0 Å². The molecule has 8 heavy (non-hydrogen) atoms. The van der Waals surface area contributed by atoms with Gasteiger partial charge >= 0.3 is 0 Å². The lowest BCUT2D eigenvalue weighted by atomic mass is 10.8. The highest BCUT2D eigenvalue weighted by atomic mass is 17.1. The third-order valence-electron chi connectivity index (χ3n) is 0.379. The van der Waals surface area contributed by atoms with Crippen LogP contribution in [-0.4, -0.2) is 25.6 Å². The van der Waals surface area contributed by atoms with E-state index in [4.69, 9.17) is 5.26 Å². The molecule has 0 saturated heterocycles. The van der Waals surface area contributed by atoms with E-state index in [1.807, 2.05) is 0 Å². The zero-order valence-electron chi connectivity index (χ0n) is 3.68. The minimum atomic E-state index is 0. The molecule has 3 nitrogen and oxygen atoms in total. The topological polar surface area (TPSA) is 38.7 Å². The van der Waals surface area contributed by atoms with Crippen molar-refractivity contribution in [2.24, 2.45) is 0 Å². The van der Waals surface area contributed by atoms with Crippen LogP contribution in [0.5, 0.6) is 0 Å². The van der Waals surface area contributed by atoms with E-state index in [1.54, 1.807) is 7.11 Å². The van der Waals surface area contributed by atoms with Gasteiger partial charge in [-0.3, -0.25) is 5.26 Å². The Labute approximate surface area is 51.2 Å². The smallest absolute Gasteiger partial charge is 0.105 e. The lowest BCUT2D eigenvalue weighted by Gasteiger charge is -1.89. The number of methoxy groups -OCH3 is 1. The van der Waals surface area contributed by atoms with Gasteiger partial charge in [0.15, 0.2) is 0 Å². The zero-order valence-corrected chi connectivity index (χ0v) is 3.68. The summed E-state index contributed by atoms with van der Waals surface area (Å²) in [7, 11) is 1.54. The normalized spacial score (nSPS) is 6.75. The van der Waals surface area contributed by atoms with E-state index in [1.165, 1.54) is 0 Å². The molecule has 0 aliphatic rings. The second-order valence-electron chi connectivity index (χ2n) is 0.826. The summed E-state index contributed by atoms with van der Waals surface area (Å²) < 4.78 is 4.50. The van der Waals surface area contributed by atoms with Gasteiger partial charge in [0.25, 0.3) is 0 Å². The van der Waals surface area contributed by atoms with Gasteiger partial charge < -0.3 is 4.74 Å². The van der Waals surface area contributed by atoms with Gasteiger partial charge in [-0.05, 0) is 0 Å².